The highest BCUT2D eigenvalue weighted by atomic mass is 35.5. The van der Waals surface area contributed by atoms with Crippen LogP contribution < -0.4 is 10.6 Å². The average molecular weight is 374 g/mol. The number of amides is 1. The fraction of sp³-hybridized carbons (Fsp3) is 0.526. The average Bonchev–Trinajstić information content (AvgIpc) is 3.18. The van der Waals surface area contributed by atoms with Crippen molar-refractivity contribution < 1.29 is 4.79 Å². The summed E-state index contributed by atoms with van der Waals surface area (Å²) in [6.07, 6.45) is 4.92. The van der Waals surface area contributed by atoms with Crippen molar-refractivity contribution in [3.05, 3.63) is 46.7 Å². The fourth-order valence-corrected chi connectivity index (χ4v) is 3.89. The molecule has 0 bridgehead atoms. The molecule has 6 nitrogen and oxygen atoms in total. The Morgan fingerprint density at radius 2 is 2.00 bits per heavy atom. The highest BCUT2D eigenvalue weighted by molar-refractivity contribution is 6.30. The number of rotatable bonds is 5. The molecule has 1 aromatic heterocycles. The highest BCUT2D eigenvalue weighted by Gasteiger charge is 2.41. The van der Waals surface area contributed by atoms with Gasteiger partial charge in [0.2, 0.25) is 0 Å². The second-order valence-electron chi connectivity index (χ2n) is 7.44. The molecular weight excluding hydrogens is 350 g/mol. The SMILES string of the molecule is C[C@@H]1C[C@@H]1[C@H](NC(=O)c1cn(C2CCNCC2)nn1)c1ccc(Cl)cc1. The van der Waals surface area contributed by atoms with Gasteiger partial charge in [0, 0.05) is 5.02 Å². The predicted octanol–water partition coefficient (Wildman–Crippen LogP) is 2.98. The van der Waals surface area contributed by atoms with E-state index in [1.165, 1.54) is 0 Å². The summed E-state index contributed by atoms with van der Waals surface area (Å²) in [5.41, 5.74) is 1.47. The Morgan fingerprint density at radius 3 is 2.65 bits per heavy atom. The van der Waals surface area contributed by atoms with Gasteiger partial charge in [-0.05, 0) is 61.9 Å². The molecule has 2 aliphatic rings. The lowest BCUT2D eigenvalue weighted by Gasteiger charge is -2.22. The van der Waals surface area contributed by atoms with Gasteiger partial charge in [-0.3, -0.25) is 4.79 Å². The van der Waals surface area contributed by atoms with Gasteiger partial charge in [-0.2, -0.15) is 0 Å². The Labute approximate surface area is 158 Å². The molecule has 1 aromatic carbocycles. The molecule has 1 amide bonds. The van der Waals surface area contributed by atoms with Gasteiger partial charge in [-0.1, -0.05) is 35.9 Å². The number of hydrogen-bond donors (Lipinski definition) is 2. The summed E-state index contributed by atoms with van der Waals surface area (Å²) in [4.78, 5) is 12.8. The minimum Gasteiger partial charge on any atom is -0.343 e. The summed E-state index contributed by atoms with van der Waals surface area (Å²) in [6, 6.07) is 8.03. The van der Waals surface area contributed by atoms with Crippen LogP contribution in [0.2, 0.25) is 5.02 Å². The molecule has 1 saturated heterocycles. The van der Waals surface area contributed by atoms with Crippen LogP contribution in [0.5, 0.6) is 0 Å². The zero-order valence-electron chi connectivity index (χ0n) is 14.9. The van der Waals surface area contributed by atoms with Crippen LogP contribution in [0.25, 0.3) is 0 Å². The molecule has 138 valence electrons. The molecule has 4 rings (SSSR count). The van der Waals surface area contributed by atoms with Crippen LogP contribution in [0, 0.1) is 11.8 Å². The number of benzene rings is 1. The first kappa shape index (κ1) is 17.5. The summed E-state index contributed by atoms with van der Waals surface area (Å²) in [7, 11) is 0. The minimum absolute atomic E-state index is 0.0150. The lowest BCUT2D eigenvalue weighted by molar-refractivity contribution is 0.0925. The van der Waals surface area contributed by atoms with Crippen LogP contribution in [0.1, 0.15) is 54.3 Å². The Balaban J connectivity index is 1.48. The third kappa shape index (κ3) is 3.76. The number of nitrogens with one attached hydrogen (secondary N) is 2. The molecule has 1 saturated carbocycles. The van der Waals surface area contributed by atoms with Crippen LogP contribution in [-0.2, 0) is 0 Å². The lowest BCUT2D eigenvalue weighted by atomic mass is 10.0. The topological polar surface area (TPSA) is 71.8 Å². The Kier molecular flexibility index (Phi) is 4.96. The molecule has 2 fully saturated rings. The molecule has 0 radical (unpaired) electrons. The molecule has 2 aromatic rings. The maximum absolute atomic E-state index is 12.8. The number of carbonyl (C=O) groups is 1. The van der Waals surface area contributed by atoms with Gasteiger partial charge in [0.25, 0.3) is 5.91 Å². The van der Waals surface area contributed by atoms with Gasteiger partial charge in [0.05, 0.1) is 18.3 Å². The molecule has 7 heteroatoms. The van der Waals surface area contributed by atoms with Crippen molar-refractivity contribution >= 4 is 17.5 Å². The van der Waals surface area contributed by atoms with Crippen LogP contribution >= 0.6 is 11.6 Å². The first-order valence-electron chi connectivity index (χ1n) is 9.30. The summed E-state index contributed by atoms with van der Waals surface area (Å²) < 4.78 is 1.84. The zero-order chi connectivity index (χ0) is 18.1. The van der Waals surface area contributed by atoms with Crippen molar-refractivity contribution in [2.24, 2.45) is 11.8 Å². The number of piperidine rings is 1. The van der Waals surface area contributed by atoms with Crippen molar-refractivity contribution in [3.8, 4) is 0 Å². The molecule has 1 aliphatic carbocycles. The van der Waals surface area contributed by atoms with E-state index in [0.29, 0.717) is 28.6 Å². The van der Waals surface area contributed by atoms with E-state index in [4.69, 9.17) is 11.6 Å². The number of aromatic nitrogens is 3. The van der Waals surface area contributed by atoms with Gasteiger partial charge in [-0.25, -0.2) is 4.68 Å². The molecule has 0 unspecified atom stereocenters. The first-order chi connectivity index (χ1) is 12.6. The Morgan fingerprint density at radius 1 is 1.31 bits per heavy atom. The third-order valence-electron chi connectivity index (χ3n) is 5.54. The summed E-state index contributed by atoms with van der Waals surface area (Å²) in [5, 5.41) is 15.5. The standard InChI is InChI=1S/C19H24ClN5O/c1-12-10-16(12)18(13-2-4-14(20)5-3-13)22-19(26)17-11-25(24-23-17)15-6-8-21-9-7-15/h2-5,11-12,15-16,18,21H,6-10H2,1H3,(H,22,26)/t12-,16+,18-/m1/s1. The molecule has 2 N–H and O–H groups in total. The molecule has 0 spiro atoms. The van der Waals surface area contributed by atoms with Crippen molar-refractivity contribution in [1.82, 2.24) is 25.6 Å². The second kappa shape index (κ2) is 7.37. The van der Waals surface area contributed by atoms with Gasteiger partial charge >= 0.3 is 0 Å². The smallest absolute Gasteiger partial charge is 0.273 e. The monoisotopic (exact) mass is 373 g/mol. The molecular formula is C19H24ClN5O. The van der Waals surface area contributed by atoms with Crippen molar-refractivity contribution in [2.45, 2.75) is 38.3 Å². The highest BCUT2D eigenvalue weighted by Crippen LogP contribution is 2.47. The lowest BCUT2D eigenvalue weighted by Crippen LogP contribution is -2.31. The molecule has 2 heterocycles. The van der Waals surface area contributed by atoms with Gasteiger partial charge in [-0.15, -0.1) is 5.10 Å². The van der Waals surface area contributed by atoms with E-state index in [1.807, 2.05) is 28.9 Å². The first-order valence-corrected chi connectivity index (χ1v) is 9.68. The Bertz CT molecular complexity index is 768. The molecule has 3 atom stereocenters. The Hall–Kier alpha value is -1.92. The van der Waals surface area contributed by atoms with E-state index in [0.717, 1.165) is 37.9 Å². The summed E-state index contributed by atoms with van der Waals surface area (Å²) in [6.45, 7) is 4.17. The van der Waals surface area contributed by atoms with Gasteiger partial charge in [0.15, 0.2) is 5.69 Å². The number of halogens is 1. The maximum Gasteiger partial charge on any atom is 0.273 e. The van der Waals surface area contributed by atoms with Crippen LogP contribution in [0.4, 0.5) is 0 Å². The van der Waals surface area contributed by atoms with E-state index in [9.17, 15) is 4.79 Å². The van der Waals surface area contributed by atoms with E-state index >= 15 is 0 Å². The van der Waals surface area contributed by atoms with Crippen LogP contribution in [0.3, 0.4) is 0 Å². The summed E-state index contributed by atoms with van der Waals surface area (Å²) >= 11 is 6.01. The molecule has 26 heavy (non-hydrogen) atoms. The van der Waals surface area contributed by atoms with E-state index < -0.39 is 0 Å². The van der Waals surface area contributed by atoms with Crippen LogP contribution in [0.15, 0.2) is 30.5 Å². The van der Waals surface area contributed by atoms with E-state index in [-0.39, 0.29) is 11.9 Å². The largest absolute Gasteiger partial charge is 0.343 e. The maximum atomic E-state index is 12.8. The van der Waals surface area contributed by atoms with Gasteiger partial charge in [0.1, 0.15) is 0 Å². The minimum atomic E-state index is -0.163. The number of carbonyl (C=O) groups excluding carboxylic acids is 1. The number of nitrogens with zero attached hydrogens (tertiary/aromatic N) is 3. The van der Waals surface area contributed by atoms with E-state index in [1.54, 1.807) is 6.20 Å². The normalized spacial score (nSPS) is 24.2. The van der Waals surface area contributed by atoms with Crippen molar-refractivity contribution in [2.75, 3.05) is 13.1 Å². The molecule has 1 aliphatic heterocycles. The third-order valence-corrected chi connectivity index (χ3v) is 5.79. The quantitative estimate of drug-likeness (QED) is 0.845. The van der Waals surface area contributed by atoms with Crippen LogP contribution in [-0.4, -0.2) is 34.0 Å². The van der Waals surface area contributed by atoms with E-state index in [2.05, 4.69) is 27.9 Å². The number of hydrogen-bond acceptors (Lipinski definition) is 4. The zero-order valence-corrected chi connectivity index (χ0v) is 15.6. The second-order valence-corrected chi connectivity index (χ2v) is 7.88. The van der Waals surface area contributed by atoms with Crippen molar-refractivity contribution in [3.63, 3.8) is 0 Å². The predicted molar refractivity (Wildman–Crippen MR) is 100 cm³/mol. The van der Waals surface area contributed by atoms with Gasteiger partial charge < -0.3 is 10.6 Å². The summed E-state index contributed by atoms with van der Waals surface area (Å²) in [5.74, 6) is 0.908. The fourth-order valence-electron chi connectivity index (χ4n) is 3.77. The van der Waals surface area contributed by atoms with Crippen molar-refractivity contribution in [1.29, 1.82) is 0 Å².